The minimum Gasteiger partial charge on any atom is -0.329 e. The van der Waals surface area contributed by atoms with Crippen molar-refractivity contribution in [1.82, 2.24) is 14.3 Å². The first kappa shape index (κ1) is 16.6. The van der Waals surface area contributed by atoms with Crippen LogP contribution < -0.4 is 5.32 Å². The van der Waals surface area contributed by atoms with Crippen molar-refractivity contribution >= 4 is 34.9 Å². The number of hydrogen-bond acceptors (Lipinski definition) is 2. The summed E-state index contributed by atoms with van der Waals surface area (Å²) >= 11 is 12.0. The highest BCUT2D eigenvalue weighted by Gasteiger charge is 2.17. The fraction of sp³-hybridized carbons (Fsp3) is 0.176. The molecule has 3 aromatic rings. The van der Waals surface area contributed by atoms with Gasteiger partial charge >= 0.3 is 0 Å². The SMILES string of the molecule is Cc1cccc(Cn2nccc2NC(=O)c2cc(Cl)c(Cl)n2C)c1. The first-order valence-electron chi connectivity index (χ1n) is 7.35. The minimum atomic E-state index is -0.294. The van der Waals surface area contributed by atoms with E-state index in [1.54, 1.807) is 34.6 Å². The van der Waals surface area contributed by atoms with Crippen molar-refractivity contribution in [2.24, 2.45) is 7.05 Å². The van der Waals surface area contributed by atoms with Crippen LogP contribution in [0.5, 0.6) is 0 Å². The summed E-state index contributed by atoms with van der Waals surface area (Å²) in [5, 5.41) is 7.80. The number of benzene rings is 1. The first-order chi connectivity index (χ1) is 11.5. The van der Waals surface area contributed by atoms with E-state index in [1.165, 1.54) is 5.56 Å². The number of amides is 1. The molecule has 0 aliphatic carbocycles. The lowest BCUT2D eigenvalue weighted by molar-refractivity contribution is 0.101. The summed E-state index contributed by atoms with van der Waals surface area (Å²) in [5.41, 5.74) is 2.67. The summed E-state index contributed by atoms with van der Waals surface area (Å²) in [6.07, 6.45) is 1.65. The molecule has 0 radical (unpaired) electrons. The van der Waals surface area contributed by atoms with Crippen LogP contribution in [0.4, 0.5) is 5.82 Å². The largest absolute Gasteiger partial charge is 0.329 e. The molecule has 124 valence electrons. The van der Waals surface area contributed by atoms with Gasteiger partial charge in [-0.15, -0.1) is 0 Å². The van der Waals surface area contributed by atoms with Gasteiger partial charge in [0.05, 0.1) is 17.8 Å². The number of rotatable bonds is 4. The molecule has 0 bridgehead atoms. The van der Waals surface area contributed by atoms with Crippen LogP contribution in [0.25, 0.3) is 0 Å². The van der Waals surface area contributed by atoms with Crippen molar-refractivity contribution < 1.29 is 4.79 Å². The lowest BCUT2D eigenvalue weighted by Crippen LogP contribution is -2.18. The van der Waals surface area contributed by atoms with E-state index in [9.17, 15) is 4.79 Å². The van der Waals surface area contributed by atoms with Gasteiger partial charge in [0.1, 0.15) is 16.7 Å². The molecule has 0 saturated heterocycles. The van der Waals surface area contributed by atoms with Gasteiger partial charge in [0.25, 0.3) is 5.91 Å². The molecule has 2 heterocycles. The maximum Gasteiger partial charge on any atom is 0.273 e. The fourth-order valence-corrected chi connectivity index (χ4v) is 2.86. The smallest absolute Gasteiger partial charge is 0.273 e. The number of nitrogens with one attached hydrogen (secondary N) is 1. The Balaban J connectivity index is 1.80. The fourth-order valence-electron chi connectivity index (χ4n) is 2.49. The predicted octanol–water partition coefficient (Wildman–Crippen LogP) is 4.14. The van der Waals surface area contributed by atoms with Crippen LogP contribution >= 0.6 is 23.2 Å². The van der Waals surface area contributed by atoms with Crippen LogP contribution in [-0.2, 0) is 13.6 Å². The van der Waals surface area contributed by atoms with Gasteiger partial charge in [-0.1, -0.05) is 53.0 Å². The monoisotopic (exact) mass is 362 g/mol. The third kappa shape index (κ3) is 3.32. The second-order valence-electron chi connectivity index (χ2n) is 5.54. The average molecular weight is 363 g/mol. The molecule has 1 amide bonds. The van der Waals surface area contributed by atoms with Gasteiger partial charge in [-0.2, -0.15) is 5.10 Å². The van der Waals surface area contributed by atoms with Crippen LogP contribution in [-0.4, -0.2) is 20.3 Å². The maximum absolute atomic E-state index is 12.5. The highest BCUT2D eigenvalue weighted by atomic mass is 35.5. The van der Waals surface area contributed by atoms with Crippen molar-refractivity contribution in [2.45, 2.75) is 13.5 Å². The van der Waals surface area contributed by atoms with Crippen LogP contribution in [0.2, 0.25) is 10.2 Å². The highest BCUT2D eigenvalue weighted by Crippen LogP contribution is 2.25. The topological polar surface area (TPSA) is 51.9 Å². The van der Waals surface area contributed by atoms with Gasteiger partial charge in [-0.05, 0) is 18.6 Å². The van der Waals surface area contributed by atoms with E-state index in [0.29, 0.717) is 28.2 Å². The standard InChI is InChI=1S/C17H16Cl2N4O/c1-11-4-3-5-12(8-11)10-23-15(6-7-20-23)21-17(24)14-9-13(18)16(19)22(14)2/h3-9H,10H2,1-2H3,(H,21,24). The number of carbonyl (C=O) groups is 1. The van der Waals surface area contributed by atoms with Gasteiger partial charge < -0.3 is 9.88 Å². The van der Waals surface area contributed by atoms with E-state index in [0.717, 1.165) is 5.56 Å². The van der Waals surface area contributed by atoms with E-state index in [4.69, 9.17) is 23.2 Å². The second kappa shape index (κ2) is 6.71. The molecule has 3 rings (SSSR count). The molecular formula is C17H16Cl2N4O. The lowest BCUT2D eigenvalue weighted by atomic mass is 10.1. The number of aromatic nitrogens is 3. The zero-order valence-corrected chi connectivity index (χ0v) is 14.8. The van der Waals surface area contributed by atoms with Gasteiger partial charge in [0.2, 0.25) is 0 Å². The highest BCUT2D eigenvalue weighted by molar-refractivity contribution is 6.42. The van der Waals surface area contributed by atoms with E-state index in [-0.39, 0.29) is 5.91 Å². The number of carbonyl (C=O) groups excluding carboxylic acids is 1. The molecule has 0 unspecified atom stereocenters. The van der Waals surface area contributed by atoms with Gasteiger partial charge in [0.15, 0.2) is 0 Å². The van der Waals surface area contributed by atoms with Crippen LogP contribution in [0.1, 0.15) is 21.6 Å². The first-order valence-corrected chi connectivity index (χ1v) is 8.10. The lowest BCUT2D eigenvalue weighted by Gasteiger charge is -2.10. The molecule has 0 atom stereocenters. The quantitative estimate of drug-likeness (QED) is 0.758. The number of nitrogens with zero attached hydrogens (tertiary/aromatic N) is 3. The number of aryl methyl sites for hydroxylation is 1. The Morgan fingerprint density at radius 1 is 1.25 bits per heavy atom. The van der Waals surface area contributed by atoms with Crippen molar-refractivity contribution in [1.29, 1.82) is 0 Å². The van der Waals surface area contributed by atoms with Crippen LogP contribution in [0.15, 0.2) is 42.6 Å². The molecule has 0 aliphatic rings. The third-order valence-corrected chi connectivity index (χ3v) is 4.56. The zero-order chi connectivity index (χ0) is 17.3. The summed E-state index contributed by atoms with van der Waals surface area (Å²) in [7, 11) is 1.69. The van der Waals surface area contributed by atoms with E-state index >= 15 is 0 Å². The second-order valence-corrected chi connectivity index (χ2v) is 6.31. The normalized spacial score (nSPS) is 10.8. The molecule has 1 aromatic carbocycles. The summed E-state index contributed by atoms with van der Waals surface area (Å²) in [6.45, 7) is 2.61. The Labute approximate surface area is 149 Å². The molecule has 1 N–H and O–H groups in total. The molecule has 7 heteroatoms. The molecule has 5 nitrogen and oxygen atoms in total. The zero-order valence-electron chi connectivity index (χ0n) is 13.3. The third-order valence-electron chi connectivity index (χ3n) is 3.72. The van der Waals surface area contributed by atoms with E-state index < -0.39 is 0 Å². The van der Waals surface area contributed by atoms with Crippen molar-refractivity contribution in [3.63, 3.8) is 0 Å². The number of anilines is 1. The molecule has 0 saturated carbocycles. The van der Waals surface area contributed by atoms with Gasteiger partial charge in [-0.25, -0.2) is 4.68 Å². The van der Waals surface area contributed by atoms with E-state index in [1.807, 2.05) is 25.1 Å². The van der Waals surface area contributed by atoms with Gasteiger partial charge in [-0.3, -0.25) is 4.79 Å². The summed E-state index contributed by atoms with van der Waals surface area (Å²) < 4.78 is 3.28. The predicted molar refractivity (Wildman–Crippen MR) is 95.9 cm³/mol. The summed E-state index contributed by atoms with van der Waals surface area (Å²) in [5.74, 6) is 0.312. The summed E-state index contributed by atoms with van der Waals surface area (Å²) in [4.78, 5) is 12.5. The Morgan fingerprint density at radius 3 is 2.71 bits per heavy atom. The number of halogens is 2. The summed E-state index contributed by atoms with van der Waals surface area (Å²) in [6, 6.07) is 11.4. The Hall–Kier alpha value is -2.24. The van der Waals surface area contributed by atoms with Crippen molar-refractivity contribution in [3.05, 3.63) is 69.6 Å². The molecule has 2 aromatic heterocycles. The minimum absolute atomic E-state index is 0.294. The van der Waals surface area contributed by atoms with Gasteiger partial charge in [0, 0.05) is 13.1 Å². The van der Waals surface area contributed by atoms with Crippen molar-refractivity contribution in [2.75, 3.05) is 5.32 Å². The molecular weight excluding hydrogens is 347 g/mol. The number of hydrogen-bond donors (Lipinski definition) is 1. The van der Waals surface area contributed by atoms with Crippen LogP contribution in [0, 0.1) is 6.92 Å². The van der Waals surface area contributed by atoms with Crippen LogP contribution in [0.3, 0.4) is 0 Å². The average Bonchev–Trinajstić information content (AvgIpc) is 3.07. The Kier molecular flexibility index (Phi) is 4.64. The Bertz CT molecular complexity index is 898. The molecule has 24 heavy (non-hydrogen) atoms. The Morgan fingerprint density at radius 2 is 2.04 bits per heavy atom. The molecule has 0 aliphatic heterocycles. The molecule has 0 fully saturated rings. The molecule has 0 spiro atoms. The van der Waals surface area contributed by atoms with E-state index in [2.05, 4.69) is 16.5 Å². The maximum atomic E-state index is 12.5. The van der Waals surface area contributed by atoms with Crippen molar-refractivity contribution in [3.8, 4) is 0 Å².